The van der Waals surface area contributed by atoms with Crippen molar-refractivity contribution < 1.29 is 79.7 Å². The zero-order valence-electron chi connectivity index (χ0n) is 8.66. The molecule has 0 aliphatic rings. The van der Waals surface area contributed by atoms with Crippen molar-refractivity contribution in [1.82, 2.24) is 0 Å². The number of rotatable bonds is 3. The molecular weight excluding hydrogens is 218 g/mol. The Morgan fingerprint density at radius 3 is 1.14 bits per heavy atom. The van der Waals surface area contributed by atoms with Gasteiger partial charge in [0.25, 0.3) is 17.9 Å². The van der Waals surface area contributed by atoms with Crippen LogP contribution in [-0.2, 0) is 28.3 Å². The summed E-state index contributed by atoms with van der Waals surface area (Å²) >= 11 is 0. The normalized spacial score (nSPS) is 8.57. The van der Waals surface area contributed by atoms with E-state index in [1.165, 1.54) is 0 Å². The van der Waals surface area contributed by atoms with Crippen molar-refractivity contribution in [3.8, 4) is 0 Å². The minimum Gasteiger partial charge on any atom is -0.625 e. The van der Waals surface area contributed by atoms with Gasteiger partial charge in [-0.2, -0.15) is 0 Å². The van der Waals surface area contributed by atoms with E-state index in [2.05, 4.69) is 14.0 Å². The van der Waals surface area contributed by atoms with E-state index in [9.17, 15) is 14.4 Å². The summed E-state index contributed by atoms with van der Waals surface area (Å²) in [5, 5.41) is 0. The quantitative estimate of drug-likeness (QED) is 0.464. The predicted molar refractivity (Wildman–Crippen MR) is 42.4 cm³/mol. The van der Waals surface area contributed by atoms with E-state index in [1.54, 1.807) is 0 Å². The Labute approximate surface area is 124 Å². The van der Waals surface area contributed by atoms with E-state index in [0.29, 0.717) is 0 Å². The van der Waals surface area contributed by atoms with Crippen molar-refractivity contribution in [1.29, 1.82) is 0 Å². The first-order valence-corrected chi connectivity index (χ1v) is 3.59. The summed E-state index contributed by atoms with van der Waals surface area (Å²) < 4.78 is 13.3. The minimum atomic E-state index is -2.41. The van der Waals surface area contributed by atoms with Gasteiger partial charge in [0.1, 0.15) is 0 Å². The molecule has 0 aliphatic carbocycles. The molecule has 0 spiro atoms. The van der Waals surface area contributed by atoms with Crippen LogP contribution in [0.5, 0.6) is 0 Å². The van der Waals surface area contributed by atoms with Gasteiger partial charge in [0, 0.05) is 20.8 Å². The summed E-state index contributed by atoms with van der Waals surface area (Å²) in [5.74, 6) is -2.03. The molecule has 6 nitrogen and oxygen atoms in total. The number of hydrogen-bond donors (Lipinski definition) is 0. The fourth-order valence-corrected chi connectivity index (χ4v) is 0.586. The third kappa shape index (κ3) is 10.2. The van der Waals surface area contributed by atoms with Gasteiger partial charge in [-0.25, -0.2) is 0 Å². The molecule has 0 saturated heterocycles. The molecule has 0 unspecified atom stereocenters. The van der Waals surface area contributed by atoms with E-state index >= 15 is 0 Å². The first-order chi connectivity index (χ1) is 5.91. The van der Waals surface area contributed by atoms with Gasteiger partial charge < -0.3 is 14.0 Å². The molecule has 0 aromatic carbocycles. The molecule has 0 saturated carbocycles. The Balaban J connectivity index is 0. The largest absolute Gasteiger partial charge is 1.00 e. The number of carbonyl (C=O) groups excluding carboxylic acids is 3. The van der Waals surface area contributed by atoms with E-state index in [1.807, 2.05) is 0 Å². The van der Waals surface area contributed by atoms with Gasteiger partial charge in [0.2, 0.25) is 0 Å². The standard InChI is InChI=1S/C6H10BO6.K/c1-4(8)11-7(12-5(2)9)13-6(3)10;/h7H,1-3H3;/q-1;+1. The Morgan fingerprint density at radius 2 is 1.00 bits per heavy atom. The van der Waals surface area contributed by atoms with Gasteiger partial charge in [-0.05, 0) is 0 Å². The average Bonchev–Trinajstić information content (AvgIpc) is 1.80. The van der Waals surface area contributed by atoms with E-state index < -0.39 is 25.2 Å². The van der Waals surface area contributed by atoms with Crippen LogP contribution in [0, 0.1) is 0 Å². The van der Waals surface area contributed by atoms with Crippen molar-refractivity contribution in [2.45, 2.75) is 20.8 Å². The van der Waals surface area contributed by atoms with E-state index in [0.717, 1.165) is 20.8 Å². The van der Waals surface area contributed by atoms with Crippen molar-refractivity contribution in [2.24, 2.45) is 0 Å². The molecular formula is C6H10BKO6. The maximum Gasteiger partial charge on any atom is 1.00 e. The summed E-state index contributed by atoms with van der Waals surface area (Å²) in [6.07, 6.45) is 0. The van der Waals surface area contributed by atoms with Crippen LogP contribution >= 0.6 is 0 Å². The molecule has 0 heterocycles. The van der Waals surface area contributed by atoms with Crippen LogP contribution in [0.25, 0.3) is 0 Å². The van der Waals surface area contributed by atoms with Crippen LogP contribution in [-0.4, -0.2) is 25.2 Å². The zero-order valence-corrected chi connectivity index (χ0v) is 11.8. The molecule has 0 aromatic heterocycles. The fraction of sp³-hybridized carbons (Fsp3) is 0.500. The van der Waals surface area contributed by atoms with Crippen molar-refractivity contribution in [3.05, 3.63) is 0 Å². The van der Waals surface area contributed by atoms with Gasteiger partial charge in [0.05, 0.1) is 0 Å². The summed E-state index contributed by atoms with van der Waals surface area (Å²) in [6, 6.07) is 0. The van der Waals surface area contributed by atoms with Crippen LogP contribution in [0.1, 0.15) is 20.8 Å². The van der Waals surface area contributed by atoms with Crippen molar-refractivity contribution in [2.75, 3.05) is 0 Å². The molecule has 0 rings (SSSR count). The monoisotopic (exact) mass is 228 g/mol. The van der Waals surface area contributed by atoms with Crippen LogP contribution < -0.4 is 51.4 Å². The molecule has 0 radical (unpaired) electrons. The summed E-state index contributed by atoms with van der Waals surface area (Å²) in [7, 11) is -2.41. The first kappa shape index (κ1) is 16.5. The Hall–Kier alpha value is 0.111. The maximum absolute atomic E-state index is 10.4. The second-order valence-electron chi connectivity index (χ2n) is 2.26. The minimum absolute atomic E-state index is 0. The smallest absolute Gasteiger partial charge is 0.625 e. The summed E-state index contributed by atoms with van der Waals surface area (Å²) in [6.45, 7) is 3.35. The molecule has 0 aliphatic heterocycles. The first-order valence-electron chi connectivity index (χ1n) is 3.59. The van der Waals surface area contributed by atoms with E-state index in [-0.39, 0.29) is 51.4 Å². The van der Waals surface area contributed by atoms with Crippen molar-refractivity contribution >= 4 is 25.2 Å². The molecule has 0 atom stereocenters. The third-order valence-corrected chi connectivity index (χ3v) is 0.963. The summed E-state index contributed by atoms with van der Waals surface area (Å²) in [4.78, 5) is 31.3. The molecule has 8 heteroatoms. The zero-order chi connectivity index (χ0) is 10.4. The SMILES string of the molecule is CC(=O)O[BH-](OC(C)=O)OC(C)=O.[K+]. The molecule has 14 heavy (non-hydrogen) atoms. The second kappa shape index (κ2) is 8.42. The molecule has 0 N–H and O–H groups in total. The van der Waals surface area contributed by atoms with Crippen LogP contribution in [0.15, 0.2) is 0 Å². The van der Waals surface area contributed by atoms with Gasteiger partial charge in [-0.1, -0.05) is 0 Å². The second-order valence-corrected chi connectivity index (χ2v) is 2.26. The number of carbonyl (C=O) groups is 3. The molecule has 74 valence electrons. The van der Waals surface area contributed by atoms with Gasteiger partial charge >= 0.3 is 58.7 Å². The Kier molecular flexibility index (Phi) is 9.95. The van der Waals surface area contributed by atoms with Gasteiger partial charge in [-0.3, -0.25) is 14.4 Å². The van der Waals surface area contributed by atoms with E-state index in [4.69, 9.17) is 0 Å². The van der Waals surface area contributed by atoms with Gasteiger partial charge in [-0.15, -0.1) is 0 Å². The average molecular weight is 228 g/mol. The third-order valence-electron chi connectivity index (χ3n) is 0.963. The Bertz CT molecular complexity index is 192. The summed E-state index contributed by atoms with van der Waals surface area (Å²) in [5.41, 5.74) is 0. The van der Waals surface area contributed by atoms with Crippen LogP contribution in [0.4, 0.5) is 0 Å². The molecule has 0 bridgehead atoms. The number of hydrogen-bond acceptors (Lipinski definition) is 6. The maximum atomic E-state index is 10.4. The molecule has 0 fully saturated rings. The predicted octanol–water partition coefficient (Wildman–Crippen LogP) is -3.60. The topological polar surface area (TPSA) is 78.9 Å². The van der Waals surface area contributed by atoms with Crippen LogP contribution in [0.2, 0.25) is 0 Å². The molecule has 0 aromatic rings. The van der Waals surface area contributed by atoms with Gasteiger partial charge in [0.15, 0.2) is 0 Å². The molecule has 0 amide bonds. The van der Waals surface area contributed by atoms with Crippen molar-refractivity contribution in [3.63, 3.8) is 0 Å². The fourth-order valence-electron chi connectivity index (χ4n) is 0.586. The Morgan fingerprint density at radius 1 is 0.786 bits per heavy atom. The van der Waals surface area contributed by atoms with Crippen LogP contribution in [0.3, 0.4) is 0 Å².